The van der Waals surface area contributed by atoms with E-state index in [1.807, 2.05) is 6.21 Å². The van der Waals surface area contributed by atoms with Crippen molar-refractivity contribution < 1.29 is 4.74 Å². The normalized spacial score (nSPS) is 20.3. The summed E-state index contributed by atoms with van der Waals surface area (Å²) in [6.07, 6.45) is 15.2. The molecule has 1 aliphatic carbocycles. The summed E-state index contributed by atoms with van der Waals surface area (Å²) in [7, 11) is 0. The smallest absolute Gasteiger partial charge is 0.119 e. The molecule has 0 aromatic heterocycles. The zero-order valence-electron chi connectivity index (χ0n) is 14.7. The Morgan fingerprint density at radius 2 is 1.92 bits per heavy atom. The van der Waals surface area contributed by atoms with Gasteiger partial charge in [-0.2, -0.15) is 0 Å². The largest absolute Gasteiger partial charge is 0.492 e. The van der Waals surface area contributed by atoms with E-state index in [0.717, 1.165) is 37.4 Å². The molecular weight excluding hydrogens is 308 g/mol. The molecule has 0 spiro atoms. The second-order valence-corrected chi connectivity index (χ2v) is 6.90. The van der Waals surface area contributed by atoms with Gasteiger partial charge in [-0.15, -0.1) is 0 Å². The SMILES string of the molecule is C1=CC[C]2C=C(Cc3ccc(OCCN4CCCC4)cc3)C=NC2=C1. The molecule has 0 unspecified atom stereocenters. The lowest BCUT2D eigenvalue weighted by molar-refractivity contribution is 0.238. The molecule has 129 valence electrons. The Morgan fingerprint density at radius 1 is 1.08 bits per heavy atom. The summed E-state index contributed by atoms with van der Waals surface area (Å²) < 4.78 is 5.88. The second kappa shape index (κ2) is 7.83. The minimum absolute atomic E-state index is 0.776. The van der Waals surface area contributed by atoms with Crippen LogP contribution in [0, 0.1) is 5.92 Å². The van der Waals surface area contributed by atoms with Crippen LogP contribution < -0.4 is 4.74 Å². The number of rotatable bonds is 6. The number of ether oxygens (including phenoxy) is 1. The van der Waals surface area contributed by atoms with Crippen LogP contribution in [0.3, 0.4) is 0 Å². The number of nitrogens with zero attached hydrogens (tertiary/aromatic N) is 2. The molecule has 0 amide bonds. The summed E-state index contributed by atoms with van der Waals surface area (Å²) in [4.78, 5) is 7.05. The van der Waals surface area contributed by atoms with Gasteiger partial charge in [-0.05, 0) is 68.1 Å². The van der Waals surface area contributed by atoms with Gasteiger partial charge in [-0.25, -0.2) is 0 Å². The summed E-state index contributed by atoms with van der Waals surface area (Å²) in [6.45, 7) is 4.27. The first kappa shape index (κ1) is 16.3. The lowest BCUT2D eigenvalue weighted by Crippen LogP contribution is -2.25. The topological polar surface area (TPSA) is 24.8 Å². The lowest BCUT2D eigenvalue weighted by Gasteiger charge is -2.19. The molecule has 1 fully saturated rings. The molecule has 1 radical (unpaired) electrons. The minimum Gasteiger partial charge on any atom is -0.492 e. The second-order valence-electron chi connectivity index (χ2n) is 6.90. The molecule has 3 aliphatic rings. The highest BCUT2D eigenvalue weighted by molar-refractivity contribution is 5.83. The van der Waals surface area contributed by atoms with Crippen molar-refractivity contribution in [3.8, 4) is 5.75 Å². The zero-order valence-corrected chi connectivity index (χ0v) is 14.7. The van der Waals surface area contributed by atoms with Crippen LogP contribution >= 0.6 is 0 Å². The fraction of sp³-hybridized carbons (Fsp3) is 0.364. The highest BCUT2D eigenvalue weighted by Gasteiger charge is 2.17. The summed E-state index contributed by atoms with van der Waals surface area (Å²) in [6, 6.07) is 8.50. The molecule has 0 atom stereocenters. The summed E-state index contributed by atoms with van der Waals surface area (Å²) in [5, 5.41) is 0. The van der Waals surface area contributed by atoms with Crippen LogP contribution in [0.1, 0.15) is 24.8 Å². The average molecular weight is 333 g/mol. The van der Waals surface area contributed by atoms with Gasteiger partial charge in [0, 0.05) is 18.7 Å². The van der Waals surface area contributed by atoms with Gasteiger partial charge in [0.25, 0.3) is 0 Å². The average Bonchev–Trinajstić information content (AvgIpc) is 3.17. The van der Waals surface area contributed by atoms with E-state index in [0.29, 0.717) is 0 Å². The van der Waals surface area contributed by atoms with Gasteiger partial charge < -0.3 is 4.74 Å². The molecule has 1 aromatic carbocycles. The number of likely N-dealkylation sites (tertiary alicyclic amines) is 1. The molecule has 0 N–H and O–H groups in total. The third kappa shape index (κ3) is 4.29. The maximum absolute atomic E-state index is 5.88. The molecule has 3 nitrogen and oxygen atoms in total. The molecular formula is C22H25N2O. The maximum atomic E-state index is 5.88. The van der Waals surface area contributed by atoms with Crippen molar-refractivity contribution in [2.75, 3.05) is 26.2 Å². The van der Waals surface area contributed by atoms with Crippen molar-refractivity contribution in [1.82, 2.24) is 4.90 Å². The van der Waals surface area contributed by atoms with Crippen LogP contribution in [-0.4, -0.2) is 37.4 Å². The van der Waals surface area contributed by atoms with E-state index in [2.05, 4.69) is 58.5 Å². The van der Waals surface area contributed by atoms with Gasteiger partial charge >= 0.3 is 0 Å². The zero-order chi connectivity index (χ0) is 16.9. The summed E-state index contributed by atoms with van der Waals surface area (Å²) in [5.74, 6) is 2.29. The number of dihydropyridines is 1. The summed E-state index contributed by atoms with van der Waals surface area (Å²) in [5.41, 5.74) is 3.67. The van der Waals surface area contributed by atoms with Crippen molar-refractivity contribution in [3.05, 3.63) is 71.3 Å². The van der Waals surface area contributed by atoms with Crippen molar-refractivity contribution in [2.45, 2.75) is 25.7 Å². The summed E-state index contributed by atoms with van der Waals surface area (Å²) >= 11 is 0. The van der Waals surface area contributed by atoms with Crippen molar-refractivity contribution >= 4 is 6.21 Å². The molecule has 0 bridgehead atoms. The number of hydrogen-bond donors (Lipinski definition) is 0. The molecule has 1 saturated heterocycles. The van der Waals surface area contributed by atoms with Gasteiger partial charge in [-0.3, -0.25) is 9.89 Å². The van der Waals surface area contributed by atoms with Gasteiger partial charge in [0.2, 0.25) is 0 Å². The molecule has 0 saturated carbocycles. The van der Waals surface area contributed by atoms with E-state index in [1.165, 1.54) is 43.0 Å². The monoisotopic (exact) mass is 333 g/mol. The molecule has 4 rings (SSSR count). The number of allylic oxidation sites excluding steroid dienone is 5. The molecule has 3 heteroatoms. The number of hydrogen-bond acceptors (Lipinski definition) is 3. The number of benzene rings is 1. The first-order valence-corrected chi connectivity index (χ1v) is 9.28. The first-order valence-electron chi connectivity index (χ1n) is 9.28. The van der Waals surface area contributed by atoms with E-state index in [4.69, 9.17) is 4.74 Å². The molecule has 25 heavy (non-hydrogen) atoms. The number of fused-ring (bicyclic) bond motifs is 1. The molecule has 2 aliphatic heterocycles. The fourth-order valence-corrected chi connectivity index (χ4v) is 3.57. The van der Waals surface area contributed by atoms with Gasteiger partial charge in [0.05, 0.1) is 5.70 Å². The Hall–Kier alpha value is -2.13. The van der Waals surface area contributed by atoms with Gasteiger partial charge in [0.15, 0.2) is 0 Å². The van der Waals surface area contributed by atoms with E-state index in [1.54, 1.807) is 0 Å². The Kier molecular flexibility index (Phi) is 5.12. The third-order valence-corrected chi connectivity index (χ3v) is 4.99. The van der Waals surface area contributed by atoms with Crippen LogP contribution in [0.2, 0.25) is 0 Å². The standard InChI is InChI=1S/C22H25N2O/c1-2-6-22-20(5-1)16-19(17-23-22)15-18-7-9-21(10-8-18)25-14-13-24-11-3-4-12-24/h1-2,6-10,16-17H,3-5,11-15H2. The predicted molar refractivity (Wildman–Crippen MR) is 103 cm³/mol. The van der Waals surface area contributed by atoms with Crippen molar-refractivity contribution in [1.29, 1.82) is 0 Å². The maximum Gasteiger partial charge on any atom is 0.119 e. The van der Waals surface area contributed by atoms with E-state index >= 15 is 0 Å². The van der Waals surface area contributed by atoms with Crippen molar-refractivity contribution in [2.24, 2.45) is 4.99 Å². The van der Waals surface area contributed by atoms with Crippen LogP contribution in [0.5, 0.6) is 5.75 Å². The fourth-order valence-electron chi connectivity index (χ4n) is 3.57. The van der Waals surface area contributed by atoms with Crippen molar-refractivity contribution in [3.63, 3.8) is 0 Å². The van der Waals surface area contributed by atoms with Crippen LogP contribution in [0.4, 0.5) is 0 Å². The Balaban J connectivity index is 1.29. The van der Waals surface area contributed by atoms with E-state index in [-0.39, 0.29) is 0 Å². The first-order chi connectivity index (χ1) is 12.4. The van der Waals surface area contributed by atoms with E-state index < -0.39 is 0 Å². The third-order valence-electron chi connectivity index (χ3n) is 4.99. The Bertz CT molecular complexity index is 706. The lowest BCUT2D eigenvalue weighted by atomic mass is 9.91. The molecule has 1 aromatic rings. The molecule has 2 heterocycles. The van der Waals surface area contributed by atoms with Gasteiger partial charge in [-0.1, -0.05) is 30.4 Å². The van der Waals surface area contributed by atoms with E-state index in [9.17, 15) is 0 Å². The quantitative estimate of drug-likeness (QED) is 0.782. The Labute approximate surface area is 150 Å². The van der Waals surface area contributed by atoms with Crippen LogP contribution in [0.15, 0.2) is 64.8 Å². The Morgan fingerprint density at radius 3 is 2.76 bits per heavy atom. The number of aliphatic imine (C=N–C) groups is 1. The van der Waals surface area contributed by atoms with Crippen LogP contribution in [0.25, 0.3) is 0 Å². The van der Waals surface area contributed by atoms with Gasteiger partial charge in [0.1, 0.15) is 12.4 Å². The predicted octanol–water partition coefficient (Wildman–Crippen LogP) is 4.13. The van der Waals surface area contributed by atoms with Crippen LogP contribution in [-0.2, 0) is 6.42 Å². The highest BCUT2D eigenvalue weighted by atomic mass is 16.5. The minimum atomic E-state index is 0.776. The highest BCUT2D eigenvalue weighted by Crippen LogP contribution is 2.29.